The van der Waals surface area contributed by atoms with E-state index in [1.807, 2.05) is 24.3 Å². The summed E-state index contributed by atoms with van der Waals surface area (Å²) < 4.78 is 5.41. The lowest BCUT2D eigenvalue weighted by atomic mass is 10.0. The Balaban J connectivity index is 2.11. The number of benzene rings is 1. The highest BCUT2D eigenvalue weighted by molar-refractivity contribution is 5.86. The Kier molecular flexibility index (Phi) is 3.21. The third-order valence-corrected chi connectivity index (χ3v) is 3.31. The molecule has 2 aromatic heterocycles. The summed E-state index contributed by atoms with van der Waals surface area (Å²) >= 11 is 0. The van der Waals surface area contributed by atoms with E-state index >= 15 is 0 Å². The number of anilines is 1. The van der Waals surface area contributed by atoms with E-state index in [1.54, 1.807) is 12.4 Å². The van der Waals surface area contributed by atoms with E-state index in [1.165, 1.54) is 5.56 Å². The highest BCUT2D eigenvalue weighted by atomic mass is 16.5. The second-order valence-electron chi connectivity index (χ2n) is 4.56. The van der Waals surface area contributed by atoms with Gasteiger partial charge in [0.05, 0.1) is 5.56 Å². The first-order valence-electron chi connectivity index (χ1n) is 6.54. The normalized spacial score (nSPS) is 10.7. The number of hydrogen-bond donors (Lipinski definition) is 1. The number of aryl methyl sites for hydroxylation is 1. The molecule has 0 saturated carbocycles. The fourth-order valence-corrected chi connectivity index (χ4v) is 2.19. The van der Waals surface area contributed by atoms with Crippen LogP contribution in [0.15, 0.2) is 53.3 Å². The van der Waals surface area contributed by atoms with Crippen molar-refractivity contribution in [2.45, 2.75) is 13.3 Å². The highest BCUT2D eigenvalue weighted by Gasteiger charge is 2.17. The van der Waals surface area contributed by atoms with Crippen molar-refractivity contribution in [3.63, 3.8) is 0 Å². The van der Waals surface area contributed by atoms with Crippen LogP contribution in [0.2, 0.25) is 0 Å². The smallest absolute Gasteiger partial charge is 0.176 e. The van der Waals surface area contributed by atoms with Crippen LogP contribution in [0.1, 0.15) is 12.5 Å². The number of nitrogens with two attached hydrogens (primary N) is 1. The molecule has 4 heteroatoms. The van der Waals surface area contributed by atoms with Gasteiger partial charge in [-0.15, -0.1) is 0 Å². The van der Waals surface area contributed by atoms with Crippen LogP contribution < -0.4 is 5.73 Å². The van der Waals surface area contributed by atoms with Crippen molar-refractivity contribution in [3.05, 3.63) is 54.4 Å². The molecule has 2 N–H and O–H groups in total. The number of aromatic nitrogens is 2. The minimum absolute atomic E-state index is 0.394. The summed E-state index contributed by atoms with van der Waals surface area (Å²) in [5, 5.41) is 3.89. The second kappa shape index (κ2) is 5.17. The topological polar surface area (TPSA) is 64.9 Å². The molecule has 0 unspecified atom stereocenters. The van der Waals surface area contributed by atoms with Crippen LogP contribution >= 0.6 is 0 Å². The predicted molar refractivity (Wildman–Crippen MR) is 79.0 cm³/mol. The van der Waals surface area contributed by atoms with E-state index in [0.29, 0.717) is 11.6 Å². The predicted octanol–water partition coefficient (Wildman–Crippen LogP) is 3.55. The zero-order valence-corrected chi connectivity index (χ0v) is 11.2. The molecule has 2 heterocycles. The maximum atomic E-state index is 5.94. The SMILES string of the molecule is CCc1ccc(-c2onc(N)c2-c2ccncc2)cc1. The van der Waals surface area contributed by atoms with E-state index in [2.05, 4.69) is 29.2 Å². The Labute approximate surface area is 117 Å². The summed E-state index contributed by atoms with van der Waals surface area (Å²) in [4.78, 5) is 4.02. The lowest BCUT2D eigenvalue weighted by molar-refractivity contribution is 0.436. The molecule has 4 nitrogen and oxygen atoms in total. The van der Waals surface area contributed by atoms with Gasteiger partial charge in [-0.1, -0.05) is 36.3 Å². The molecule has 0 bridgehead atoms. The van der Waals surface area contributed by atoms with Crippen LogP contribution in [0.25, 0.3) is 22.5 Å². The maximum Gasteiger partial charge on any atom is 0.176 e. The van der Waals surface area contributed by atoms with Gasteiger partial charge in [0.2, 0.25) is 0 Å². The average molecular weight is 265 g/mol. The van der Waals surface area contributed by atoms with Crippen LogP contribution in [0.5, 0.6) is 0 Å². The van der Waals surface area contributed by atoms with Gasteiger partial charge in [-0.3, -0.25) is 4.98 Å². The summed E-state index contributed by atoms with van der Waals surface area (Å²) in [5.41, 5.74) is 9.96. The minimum Gasteiger partial charge on any atom is -0.380 e. The minimum atomic E-state index is 0.394. The largest absolute Gasteiger partial charge is 0.380 e. The van der Waals surface area contributed by atoms with E-state index in [-0.39, 0.29) is 0 Å². The number of hydrogen-bond acceptors (Lipinski definition) is 4. The molecule has 0 amide bonds. The molecule has 100 valence electrons. The van der Waals surface area contributed by atoms with E-state index < -0.39 is 0 Å². The van der Waals surface area contributed by atoms with Gasteiger partial charge in [0.1, 0.15) is 0 Å². The first kappa shape index (κ1) is 12.4. The number of nitrogen functional groups attached to an aromatic ring is 1. The summed E-state index contributed by atoms with van der Waals surface area (Å²) in [6, 6.07) is 12.0. The Morgan fingerprint density at radius 3 is 2.35 bits per heavy atom. The summed E-state index contributed by atoms with van der Waals surface area (Å²) in [6.45, 7) is 2.13. The zero-order valence-electron chi connectivity index (χ0n) is 11.2. The van der Waals surface area contributed by atoms with Gasteiger partial charge in [-0.05, 0) is 29.7 Å². The Morgan fingerprint density at radius 1 is 1.00 bits per heavy atom. The summed E-state index contributed by atoms with van der Waals surface area (Å²) in [6.07, 6.45) is 4.47. The van der Waals surface area contributed by atoms with Crippen LogP contribution in [0.3, 0.4) is 0 Å². The monoisotopic (exact) mass is 265 g/mol. The van der Waals surface area contributed by atoms with Crippen LogP contribution in [0, 0.1) is 0 Å². The van der Waals surface area contributed by atoms with E-state index in [0.717, 1.165) is 23.1 Å². The van der Waals surface area contributed by atoms with Gasteiger partial charge in [-0.2, -0.15) is 0 Å². The van der Waals surface area contributed by atoms with E-state index in [4.69, 9.17) is 10.3 Å². The van der Waals surface area contributed by atoms with E-state index in [9.17, 15) is 0 Å². The van der Waals surface area contributed by atoms with Gasteiger partial charge in [0.25, 0.3) is 0 Å². The quantitative estimate of drug-likeness (QED) is 0.786. The molecule has 0 radical (unpaired) electrons. The molecule has 0 spiro atoms. The summed E-state index contributed by atoms with van der Waals surface area (Å²) in [7, 11) is 0. The maximum absolute atomic E-state index is 5.94. The van der Waals surface area contributed by atoms with Crippen LogP contribution in [-0.4, -0.2) is 10.1 Å². The molecule has 3 aromatic rings. The third kappa shape index (κ3) is 2.16. The number of pyridine rings is 1. The third-order valence-electron chi connectivity index (χ3n) is 3.31. The molecule has 0 aliphatic carbocycles. The average Bonchev–Trinajstić information content (AvgIpc) is 2.90. The van der Waals surface area contributed by atoms with Crippen molar-refractivity contribution in [2.75, 3.05) is 5.73 Å². The zero-order chi connectivity index (χ0) is 13.9. The first-order valence-corrected chi connectivity index (χ1v) is 6.54. The molecule has 20 heavy (non-hydrogen) atoms. The van der Waals surface area contributed by atoms with Gasteiger partial charge in [0, 0.05) is 18.0 Å². The molecule has 0 aliphatic rings. The van der Waals surface area contributed by atoms with Crippen molar-refractivity contribution < 1.29 is 4.52 Å². The van der Waals surface area contributed by atoms with Gasteiger partial charge in [0.15, 0.2) is 11.6 Å². The molecule has 0 atom stereocenters. The van der Waals surface area contributed by atoms with Gasteiger partial charge in [-0.25, -0.2) is 0 Å². The van der Waals surface area contributed by atoms with Crippen molar-refractivity contribution in [1.82, 2.24) is 10.1 Å². The lowest BCUT2D eigenvalue weighted by Gasteiger charge is -2.03. The van der Waals surface area contributed by atoms with Crippen molar-refractivity contribution in [2.24, 2.45) is 0 Å². The standard InChI is InChI=1S/C16H15N3O/c1-2-11-3-5-13(6-4-11)15-14(16(17)19-20-15)12-7-9-18-10-8-12/h3-10H,2H2,1H3,(H2,17,19). The van der Waals surface area contributed by atoms with Crippen LogP contribution in [-0.2, 0) is 6.42 Å². The van der Waals surface area contributed by atoms with Crippen molar-refractivity contribution in [3.8, 4) is 22.5 Å². The summed E-state index contributed by atoms with van der Waals surface area (Å²) in [5.74, 6) is 1.09. The molecule has 0 saturated heterocycles. The van der Waals surface area contributed by atoms with Gasteiger partial charge >= 0.3 is 0 Å². The van der Waals surface area contributed by atoms with Crippen molar-refractivity contribution in [1.29, 1.82) is 0 Å². The van der Waals surface area contributed by atoms with Crippen LogP contribution in [0.4, 0.5) is 5.82 Å². The van der Waals surface area contributed by atoms with Gasteiger partial charge < -0.3 is 10.3 Å². The fourth-order valence-electron chi connectivity index (χ4n) is 2.19. The molecule has 0 fully saturated rings. The molecule has 3 rings (SSSR count). The molecule has 0 aliphatic heterocycles. The number of rotatable bonds is 3. The highest BCUT2D eigenvalue weighted by Crippen LogP contribution is 2.36. The first-order chi connectivity index (χ1) is 9.79. The Hall–Kier alpha value is -2.62. The second-order valence-corrected chi connectivity index (χ2v) is 4.56. The van der Waals surface area contributed by atoms with Crippen molar-refractivity contribution >= 4 is 5.82 Å². The number of nitrogens with zero attached hydrogens (tertiary/aromatic N) is 2. The lowest BCUT2D eigenvalue weighted by Crippen LogP contribution is -1.89. The molecular weight excluding hydrogens is 250 g/mol. The fraction of sp³-hybridized carbons (Fsp3) is 0.125. The molecule has 1 aromatic carbocycles. The Bertz CT molecular complexity index is 702. The molecular formula is C16H15N3O. The Morgan fingerprint density at radius 2 is 1.70 bits per heavy atom.